The largest absolute Gasteiger partial charge is 0.416 e. The molecule has 0 spiro atoms. The number of rotatable bonds is 1. The van der Waals surface area contributed by atoms with Crippen LogP contribution in [0.15, 0.2) is 24.3 Å². The second-order valence-electron chi connectivity index (χ2n) is 2.22. The molecule has 64 valence electrons. The number of anilines is 1. The van der Waals surface area contributed by atoms with Crippen molar-refractivity contribution in [3.05, 3.63) is 36.9 Å². The number of halogens is 3. The molecule has 0 fully saturated rings. The minimum absolute atomic E-state index is 0.241. The predicted molar refractivity (Wildman–Crippen MR) is 39.4 cm³/mol. The summed E-state index contributed by atoms with van der Waals surface area (Å²) >= 11 is 0. The third-order valence-corrected chi connectivity index (χ3v) is 1.36. The van der Waals surface area contributed by atoms with Crippen LogP contribution in [0.1, 0.15) is 5.56 Å². The summed E-state index contributed by atoms with van der Waals surface area (Å²) in [5.74, 6) is 0. The maximum absolute atomic E-state index is 12.0. The summed E-state index contributed by atoms with van der Waals surface area (Å²) in [6.07, 6.45) is -4.31. The highest BCUT2D eigenvalue weighted by Gasteiger charge is 2.30. The van der Waals surface area contributed by atoms with Crippen LogP contribution >= 0.6 is 0 Å². The summed E-state index contributed by atoms with van der Waals surface area (Å²) in [4.78, 5) is 0. The Morgan fingerprint density at radius 2 is 1.92 bits per heavy atom. The van der Waals surface area contributed by atoms with Gasteiger partial charge in [0.05, 0.1) is 12.6 Å². The molecule has 4 heteroatoms. The van der Waals surface area contributed by atoms with E-state index in [1.54, 1.807) is 0 Å². The van der Waals surface area contributed by atoms with E-state index in [1.165, 1.54) is 12.1 Å². The maximum Gasteiger partial charge on any atom is 0.416 e. The van der Waals surface area contributed by atoms with E-state index in [4.69, 9.17) is 7.05 Å². The highest BCUT2D eigenvalue weighted by molar-refractivity contribution is 5.46. The highest BCUT2D eigenvalue weighted by Crippen LogP contribution is 2.30. The molecule has 0 aliphatic carbocycles. The smallest absolute Gasteiger partial charge is 0.378 e. The molecule has 0 bridgehead atoms. The van der Waals surface area contributed by atoms with Crippen molar-refractivity contribution in [3.8, 4) is 0 Å². The van der Waals surface area contributed by atoms with E-state index in [9.17, 15) is 13.2 Å². The van der Waals surface area contributed by atoms with Crippen molar-refractivity contribution in [2.45, 2.75) is 6.18 Å². The summed E-state index contributed by atoms with van der Waals surface area (Å²) < 4.78 is 36.1. The molecule has 1 aromatic rings. The molecule has 0 unspecified atom stereocenters. The first-order chi connectivity index (χ1) is 5.54. The zero-order valence-corrected chi connectivity index (χ0v) is 6.02. The maximum atomic E-state index is 12.0. The van der Waals surface area contributed by atoms with Gasteiger partial charge in [0.1, 0.15) is 0 Å². The highest BCUT2D eigenvalue weighted by atomic mass is 19.4. The van der Waals surface area contributed by atoms with Gasteiger partial charge in [-0.1, -0.05) is 6.07 Å². The standard InChI is InChI=1S/C8H6F3N/c1-12-7-4-2-3-6(5-7)8(9,10)11/h1-5,12H. The normalized spacial score (nSPS) is 11.3. The number of hydrogen-bond donors (Lipinski definition) is 1. The Balaban J connectivity index is 3.02. The van der Waals surface area contributed by atoms with Crippen LogP contribution in [0.4, 0.5) is 18.9 Å². The lowest BCUT2D eigenvalue weighted by Gasteiger charge is -2.07. The van der Waals surface area contributed by atoms with E-state index in [-0.39, 0.29) is 5.69 Å². The average Bonchev–Trinajstić information content (AvgIpc) is 2.03. The third kappa shape index (κ3) is 1.90. The number of benzene rings is 1. The average molecular weight is 173 g/mol. The van der Waals surface area contributed by atoms with E-state index < -0.39 is 11.7 Å². The fraction of sp³-hybridized carbons (Fsp3) is 0.125. The molecular formula is C8H6F3N. The van der Waals surface area contributed by atoms with Crippen LogP contribution in [0.25, 0.3) is 0 Å². The van der Waals surface area contributed by atoms with Gasteiger partial charge in [-0.2, -0.15) is 13.2 Å². The quantitative estimate of drug-likeness (QED) is 0.644. The monoisotopic (exact) mass is 173 g/mol. The second-order valence-corrected chi connectivity index (χ2v) is 2.22. The molecule has 12 heavy (non-hydrogen) atoms. The molecule has 1 rings (SSSR count). The van der Waals surface area contributed by atoms with Gasteiger partial charge in [0.2, 0.25) is 0 Å². The van der Waals surface area contributed by atoms with Gasteiger partial charge in [-0.25, -0.2) is 0 Å². The zero-order valence-electron chi connectivity index (χ0n) is 6.02. The molecule has 1 aromatic carbocycles. The second kappa shape index (κ2) is 3.05. The fourth-order valence-corrected chi connectivity index (χ4v) is 0.785. The molecule has 1 N–H and O–H groups in total. The molecular weight excluding hydrogens is 167 g/mol. The minimum atomic E-state index is -4.31. The topological polar surface area (TPSA) is 12.0 Å². The molecule has 0 heterocycles. The molecule has 0 aliphatic rings. The lowest BCUT2D eigenvalue weighted by molar-refractivity contribution is -0.137. The Bertz CT molecular complexity index is 267. The molecule has 0 aliphatic heterocycles. The van der Waals surface area contributed by atoms with Crippen LogP contribution in [0.3, 0.4) is 0 Å². The summed E-state index contributed by atoms with van der Waals surface area (Å²) in [5.41, 5.74) is -0.470. The molecule has 0 saturated carbocycles. The van der Waals surface area contributed by atoms with Gasteiger partial charge in [-0.15, -0.1) is 0 Å². The molecule has 0 saturated heterocycles. The number of nitrogens with one attached hydrogen (secondary N) is 1. The molecule has 0 atom stereocenters. The third-order valence-electron chi connectivity index (χ3n) is 1.36. The first kappa shape index (κ1) is 8.90. The van der Waals surface area contributed by atoms with Crippen molar-refractivity contribution in [1.29, 1.82) is 0 Å². The van der Waals surface area contributed by atoms with Crippen molar-refractivity contribution >= 4 is 5.69 Å². The van der Waals surface area contributed by atoms with Crippen molar-refractivity contribution in [1.82, 2.24) is 0 Å². The Morgan fingerprint density at radius 3 is 2.42 bits per heavy atom. The lowest BCUT2D eigenvalue weighted by atomic mass is 10.2. The van der Waals surface area contributed by atoms with E-state index >= 15 is 0 Å². The molecule has 0 amide bonds. The van der Waals surface area contributed by atoms with E-state index in [0.29, 0.717) is 0 Å². The van der Waals surface area contributed by atoms with Crippen LogP contribution < -0.4 is 5.32 Å². The molecule has 0 aromatic heterocycles. The summed E-state index contributed by atoms with van der Waals surface area (Å²) in [5, 5.41) is 2.14. The minimum Gasteiger partial charge on any atom is -0.378 e. The van der Waals surface area contributed by atoms with E-state index in [0.717, 1.165) is 12.1 Å². The van der Waals surface area contributed by atoms with Crippen LogP contribution in [0, 0.1) is 7.05 Å². The van der Waals surface area contributed by atoms with Gasteiger partial charge in [0.15, 0.2) is 0 Å². The van der Waals surface area contributed by atoms with Gasteiger partial charge in [0.25, 0.3) is 0 Å². The summed E-state index contributed by atoms with van der Waals surface area (Å²) in [7, 11) is 4.94. The van der Waals surface area contributed by atoms with Crippen molar-refractivity contribution in [2.24, 2.45) is 0 Å². The van der Waals surface area contributed by atoms with E-state index in [1.807, 2.05) is 0 Å². The summed E-state index contributed by atoms with van der Waals surface area (Å²) in [6.45, 7) is 0. The van der Waals surface area contributed by atoms with Gasteiger partial charge >= 0.3 is 6.18 Å². The number of hydrogen-bond acceptors (Lipinski definition) is 1. The first-order valence-electron chi connectivity index (χ1n) is 3.18. The Kier molecular flexibility index (Phi) is 2.26. The van der Waals surface area contributed by atoms with Crippen LogP contribution in [-0.4, -0.2) is 0 Å². The van der Waals surface area contributed by atoms with Gasteiger partial charge in [-0.05, 0) is 18.2 Å². The molecule has 1 nitrogen and oxygen atoms in total. The van der Waals surface area contributed by atoms with Crippen molar-refractivity contribution < 1.29 is 13.2 Å². The Morgan fingerprint density at radius 1 is 1.25 bits per heavy atom. The summed E-state index contributed by atoms with van der Waals surface area (Å²) in [6, 6.07) is 4.67. The SMILES string of the molecule is [CH]Nc1cccc(C(F)(F)F)c1. The van der Waals surface area contributed by atoms with E-state index in [2.05, 4.69) is 5.32 Å². The predicted octanol–water partition coefficient (Wildman–Crippen LogP) is 2.79. The lowest BCUT2D eigenvalue weighted by Crippen LogP contribution is -2.04. The van der Waals surface area contributed by atoms with Crippen LogP contribution in [-0.2, 0) is 6.18 Å². The first-order valence-corrected chi connectivity index (χ1v) is 3.18. The van der Waals surface area contributed by atoms with Crippen LogP contribution in [0.2, 0.25) is 0 Å². The fourth-order valence-electron chi connectivity index (χ4n) is 0.785. The Hall–Kier alpha value is -1.19. The van der Waals surface area contributed by atoms with Gasteiger partial charge < -0.3 is 5.32 Å². The van der Waals surface area contributed by atoms with Crippen molar-refractivity contribution in [2.75, 3.05) is 5.32 Å². The van der Waals surface area contributed by atoms with Crippen LogP contribution in [0.5, 0.6) is 0 Å². The Labute approximate surface area is 68.2 Å². The molecule has 2 radical (unpaired) electrons. The van der Waals surface area contributed by atoms with Crippen molar-refractivity contribution in [3.63, 3.8) is 0 Å². The van der Waals surface area contributed by atoms with Gasteiger partial charge in [-0.3, -0.25) is 0 Å². The van der Waals surface area contributed by atoms with Gasteiger partial charge in [0, 0.05) is 5.69 Å². The number of alkyl halides is 3. The zero-order chi connectivity index (χ0) is 9.19.